The highest BCUT2D eigenvalue weighted by Crippen LogP contribution is 2.26. The van der Waals surface area contributed by atoms with Crippen molar-refractivity contribution in [2.75, 3.05) is 0 Å². The van der Waals surface area contributed by atoms with E-state index in [0.29, 0.717) is 5.56 Å². The summed E-state index contributed by atoms with van der Waals surface area (Å²) in [7, 11) is 0. The number of nitrogens with two attached hydrogens (primary N) is 1. The minimum Gasteiger partial charge on any atom is -0.384 e. The van der Waals surface area contributed by atoms with Gasteiger partial charge in [-0.2, -0.15) is 0 Å². The minimum absolute atomic E-state index is 0.379. The van der Waals surface area contributed by atoms with E-state index in [1.165, 1.54) is 6.20 Å². The van der Waals surface area contributed by atoms with Gasteiger partial charge in [0, 0.05) is 12.4 Å². The summed E-state index contributed by atoms with van der Waals surface area (Å²) in [6.45, 7) is 0. The number of amides is 1. The summed E-state index contributed by atoms with van der Waals surface area (Å²) in [5.41, 5.74) is 7.53. The number of carbonyl (C=O) groups excluding carboxylic acids is 1. The molecule has 96 valence electrons. The fraction of sp³-hybridized carbons (Fsp3) is 0.0667. The molecule has 3 rings (SSSR count). The summed E-state index contributed by atoms with van der Waals surface area (Å²) in [6.07, 6.45) is 6.38. The number of carbonyl (C=O) groups is 1. The third-order valence-corrected chi connectivity index (χ3v) is 2.72. The van der Waals surface area contributed by atoms with Gasteiger partial charge in [-0.1, -0.05) is 36.4 Å². The van der Waals surface area contributed by atoms with Gasteiger partial charge in [0.2, 0.25) is 5.91 Å². The molecule has 4 heteroatoms. The molecule has 0 spiro atoms. The quantitative estimate of drug-likeness (QED) is 0.816. The zero-order chi connectivity index (χ0) is 13.7. The van der Waals surface area contributed by atoms with E-state index >= 15 is 0 Å². The lowest BCUT2D eigenvalue weighted by atomic mass is 10.1. The largest absolute Gasteiger partial charge is 0.384 e. The van der Waals surface area contributed by atoms with E-state index in [-0.39, 0.29) is 6.10 Å². The molecule has 3 N–H and O–H groups in total. The first-order valence-electron chi connectivity index (χ1n) is 5.83. The van der Waals surface area contributed by atoms with Crippen LogP contribution >= 0.6 is 0 Å². The Hall–Kier alpha value is -2.46. The molecular formula is C15H14N2O2. The van der Waals surface area contributed by atoms with Crippen molar-refractivity contribution < 1.29 is 9.90 Å². The number of hydrogen-bond donors (Lipinski definition) is 2. The Morgan fingerprint density at radius 1 is 1.21 bits per heavy atom. The third kappa shape index (κ3) is 3.26. The highest BCUT2D eigenvalue weighted by atomic mass is 16.3. The van der Waals surface area contributed by atoms with Gasteiger partial charge in [0.05, 0.1) is 11.7 Å². The van der Waals surface area contributed by atoms with Crippen LogP contribution in [0.3, 0.4) is 0 Å². The smallest absolute Gasteiger partial charge is 0.250 e. The predicted molar refractivity (Wildman–Crippen MR) is 73.2 cm³/mol. The summed E-state index contributed by atoms with van der Waals surface area (Å²) in [4.78, 5) is 14.1. The maximum atomic E-state index is 10.4. The fourth-order valence-electron chi connectivity index (χ4n) is 1.74. The Labute approximate surface area is 111 Å². The highest BCUT2D eigenvalue weighted by Gasteiger charge is 2.11. The summed E-state index contributed by atoms with van der Waals surface area (Å²) in [6, 6.07) is 11.1. The van der Waals surface area contributed by atoms with Crippen molar-refractivity contribution in [3.8, 4) is 0 Å². The van der Waals surface area contributed by atoms with E-state index in [2.05, 4.69) is 4.98 Å². The number of aromatic nitrogens is 1. The van der Waals surface area contributed by atoms with Crippen molar-refractivity contribution in [3.05, 3.63) is 71.6 Å². The molecule has 2 aromatic rings. The van der Waals surface area contributed by atoms with Crippen LogP contribution < -0.4 is 5.73 Å². The van der Waals surface area contributed by atoms with Crippen molar-refractivity contribution >= 4 is 12.0 Å². The zero-order valence-corrected chi connectivity index (χ0v) is 10.2. The molecule has 0 radical (unpaired) electrons. The van der Waals surface area contributed by atoms with Crippen LogP contribution in [0.4, 0.5) is 0 Å². The van der Waals surface area contributed by atoms with Crippen LogP contribution in [-0.4, -0.2) is 16.0 Å². The van der Waals surface area contributed by atoms with Gasteiger partial charge in [-0.15, -0.1) is 0 Å². The first kappa shape index (κ1) is 13.0. The monoisotopic (exact) mass is 254 g/mol. The zero-order valence-electron chi connectivity index (χ0n) is 10.2. The maximum absolute atomic E-state index is 10.4. The van der Waals surface area contributed by atoms with Crippen LogP contribution in [0, 0.1) is 0 Å². The van der Waals surface area contributed by atoms with E-state index in [4.69, 9.17) is 5.73 Å². The second-order valence-corrected chi connectivity index (χ2v) is 4.04. The fourth-order valence-corrected chi connectivity index (χ4v) is 1.74. The molecule has 1 amide bonds. The molecule has 0 bridgehead atoms. The van der Waals surface area contributed by atoms with Crippen molar-refractivity contribution in [1.82, 2.24) is 4.98 Å². The van der Waals surface area contributed by atoms with Gasteiger partial charge in [0.15, 0.2) is 0 Å². The SMILES string of the molecule is NC(=O)c1cccnc1.OC1C=Cc2ccccc21. The minimum atomic E-state index is -0.442. The molecular weight excluding hydrogens is 240 g/mol. The topological polar surface area (TPSA) is 76.2 Å². The number of nitrogens with zero attached hydrogens (tertiary/aromatic N) is 1. The Kier molecular flexibility index (Phi) is 4.05. The molecule has 1 aromatic heterocycles. The molecule has 0 saturated carbocycles. The van der Waals surface area contributed by atoms with Gasteiger partial charge >= 0.3 is 0 Å². The number of benzene rings is 1. The third-order valence-electron chi connectivity index (χ3n) is 2.72. The molecule has 19 heavy (non-hydrogen) atoms. The molecule has 1 aromatic carbocycles. The predicted octanol–water partition coefficient (Wildman–Crippen LogP) is 1.93. The van der Waals surface area contributed by atoms with E-state index in [1.54, 1.807) is 24.4 Å². The Morgan fingerprint density at radius 3 is 2.58 bits per heavy atom. The van der Waals surface area contributed by atoms with Gasteiger partial charge < -0.3 is 10.8 Å². The Bertz CT molecular complexity index is 594. The molecule has 0 fully saturated rings. The molecule has 1 atom stereocenters. The first-order valence-corrected chi connectivity index (χ1v) is 5.83. The van der Waals surface area contributed by atoms with Crippen LogP contribution in [-0.2, 0) is 0 Å². The first-order chi connectivity index (χ1) is 9.18. The number of fused-ring (bicyclic) bond motifs is 1. The van der Waals surface area contributed by atoms with Crippen molar-refractivity contribution in [2.45, 2.75) is 6.10 Å². The summed E-state index contributed by atoms with van der Waals surface area (Å²) >= 11 is 0. The van der Waals surface area contributed by atoms with E-state index in [0.717, 1.165) is 11.1 Å². The van der Waals surface area contributed by atoms with Crippen molar-refractivity contribution in [3.63, 3.8) is 0 Å². The van der Waals surface area contributed by atoms with Crippen LogP contribution in [0.25, 0.3) is 6.08 Å². The number of aliphatic hydroxyl groups excluding tert-OH is 1. The molecule has 0 saturated heterocycles. The van der Waals surface area contributed by atoms with Gasteiger partial charge in [-0.3, -0.25) is 9.78 Å². The summed E-state index contributed by atoms with van der Waals surface area (Å²) < 4.78 is 0. The lowest BCUT2D eigenvalue weighted by molar-refractivity contribution is 0.1000. The number of primary amides is 1. The molecule has 1 aliphatic carbocycles. The standard InChI is InChI=1S/C9H8O.C6H6N2O/c10-9-6-5-7-3-1-2-4-8(7)9;7-6(9)5-2-1-3-8-4-5/h1-6,9-10H;1-4H,(H2,7,9). The molecule has 0 aliphatic heterocycles. The van der Waals surface area contributed by atoms with Gasteiger partial charge in [-0.25, -0.2) is 0 Å². The van der Waals surface area contributed by atoms with Gasteiger partial charge in [-0.05, 0) is 23.3 Å². The maximum Gasteiger partial charge on any atom is 0.250 e. The summed E-state index contributed by atoms with van der Waals surface area (Å²) in [5.74, 6) is -0.442. The van der Waals surface area contributed by atoms with E-state index in [1.807, 2.05) is 30.3 Å². The normalized spacial score (nSPS) is 15.3. The average Bonchev–Trinajstić information content (AvgIpc) is 2.83. The molecule has 1 aliphatic rings. The van der Waals surface area contributed by atoms with Crippen molar-refractivity contribution in [1.29, 1.82) is 0 Å². The van der Waals surface area contributed by atoms with E-state index < -0.39 is 5.91 Å². The molecule has 1 heterocycles. The van der Waals surface area contributed by atoms with Crippen LogP contribution in [0.5, 0.6) is 0 Å². The molecule has 4 nitrogen and oxygen atoms in total. The number of aliphatic hydroxyl groups is 1. The van der Waals surface area contributed by atoms with E-state index in [9.17, 15) is 9.90 Å². The van der Waals surface area contributed by atoms with Gasteiger partial charge in [0.25, 0.3) is 0 Å². The van der Waals surface area contributed by atoms with Crippen LogP contribution in [0.2, 0.25) is 0 Å². The molecule has 1 unspecified atom stereocenters. The lowest BCUT2D eigenvalue weighted by Gasteiger charge is -2.00. The second kappa shape index (κ2) is 5.93. The lowest BCUT2D eigenvalue weighted by Crippen LogP contribution is -2.10. The van der Waals surface area contributed by atoms with Crippen molar-refractivity contribution in [2.24, 2.45) is 5.73 Å². The summed E-state index contributed by atoms with van der Waals surface area (Å²) in [5, 5.41) is 9.29. The Morgan fingerprint density at radius 2 is 2.00 bits per heavy atom. The number of pyridine rings is 1. The second-order valence-electron chi connectivity index (χ2n) is 4.04. The highest BCUT2D eigenvalue weighted by molar-refractivity contribution is 5.92. The number of rotatable bonds is 1. The Balaban J connectivity index is 0.000000141. The van der Waals surface area contributed by atoms with Crippen LogP contribution in [0.15, 0.2) is 54.9 Å². The van der Waals surface area contributed by atoms with Gasteiger partial charge in [0.1, 0.15) is 0 Å². The van der Waals surface area contributed by atoms with Crippen LogP contribution in [0.1, 0.15) is 27.6 Å². The average molecular weight is 254 g/mol. The number of hydrogen-bond acceptors (Lipinski definition) is 3.